The van der Waals surface area contributed by atoms with Crippen LogP contribution in [0, 0.1) is 11.8 Å². The summed E-state index contributed by atoms with van der Waals surface area (Å²) in [6.07, 6.45) is 4.78. The number of hydrogen-bond donors (Lipinski definition) is 0. The molecule has 1 fully saturated rings. The van der Waals surface area contributed by atoms with Crippen LogP contribution in [0.1, 0.15) is 45.7 Å². The smallest absolute Gasteiger partial charge is 0.227 e. The third-order valence-electron chi connectivity index (χ3n) is 4.92. The number of aromatic nitrogens is 2. The molecule has 0 bridgehead atoms. The number of likely N-dealkylation sites (tertiary alicyclic amines) is 1. The van der Waals surface area contributed by atoms with E-state index in [1.54, 1.807) is 13.3 Å². The fraction of sp³-hybridized carbons (Fsp3) is 0.833. The highest BCUT2D eigenvalue weighted by atomic mass is 32.2. The van der Waals surface area contributed by atoms with Gasteiger partial charge in [0.15, 0.2) is 0 Å². The predicted molar refractivity (Wildman–Crippen MR) is 99.3 cm³/mol. The van der Waals surface area contributed by atoms with Gasteiger partial charge in [-0.3, -0.25) is 4.90 Å². The largest absolute Gasteiger partial charge is 0.383 e. The molecule has 7 heteroatoms. The molecule has 0 N–H and O–H groups in total. The zero-order chi connectivity index (χ0) is 18.4. The third-order valence-corrected chi connectivity index (χ3v) is 6.58. The van der Waals surface area contributed by atoms with E-state index >= 15 is 0 Å². The molecule has 1 saturated heterocycles. The minimum Gasteiger partial charge on any atom is -0.383 e. The van der Waals surface area contributed by atoms with Gasteiger partial charge in [-0.1, -0.05) is 20.8 Å². The molecule has 2 rings (SSSR count). The summed E-state index contributed by atoms with van der Waals surface area (Å²) in [5.41, 5.74) is 0.967. The zero-order valence-corrected chi connectivity index (χ0v) is 16.9. The number of hydrogen-bond acceptors (Lipinski definition) is 5. The minimum atomic E-state index is -3.37. The van der Waals surface area contributed by atoms with Gasteiger partial charge < -0.3 is 9.30 Å². The molecule has 0 saturated carbocycles. The standard InChI is InChI=1S/C18H33N3O3S/c1-15(2)7-12-25(22,23)18-19-13-17(21(18)10-11-24-4)14-20-8-5-16(3)6-9-20/h13,15-16H,5-12,14H2,1-4H3. The Balaban J connectivity index is 2.18. The number of sulfone groups is 1. The van der Waals surface area contributed by atoms with Crippen molar-refractivity contribution in [1.29, 1.82) is 0 Å². The molecule has 144 valence electrons. The van der Waals surface area contributed by atoms with Gasteiger partial charge in [-0.2, -0.15) is 0 Å². The fourth-order valence-electron chi connectivity index (χ4n) is 3.12. The average Bonchev–Trinajstić information content (AvgIpc) is 2.96. The number of piperidine rings is 1. The molecule has 0 spiro atoms. The molecule has 1 aromatic heterocycles. The van der Waals surface area contributed by atoms with Crippen molar-refractivity contribution >= 4 is 9.84 Å². The van der Waals surface area contributed by atoms with Crippen LogP contribution in [0.5, 0.6) is 0 Å². The lowest BCUT2D eigenvalue weighted by Crippen LogP contribution is -2.33. The van der Waals surface area contributed by atoms with E-state index in [1.165, 1.54) is 12.8 Å². The van der Waals surface area contributed by atoms with E-state index in [9.17, 15) is 8.42 Å². The Labute approximate surface area is 152 Å². The fourth-order valence-corrected chi connectivity index (χ4v) is 4.84. The highest BCUT2D eigenvalue weighted by Crippen LogP contribution is 2.21. The second-order valence-corrected chi connectivity index (χ2v) is 9.64. The molecule has 25 heavy (non-hydrogen) atoms. The van der Waals surface area contributed by atoms with E-state index in [0.717, 1.165) is 31.2 Å². The highest BCUT2D eigenvalue weighted by molar-refractivity contribution is 7.91. The summed E-state index contributed by atoms with van der Waals surface area (Å²) in [5, 5.41) is 0.200. The molecule has 0 unspecified atom stereocenters. The van der Waals surface area contributed by atoms with Gasteiger partial charge in [0.2, 0.25) is 15.0 Å². The topological polar surface area (TPSA) is 64.4 Å². The van der Waals surface area contributed by atoms with Crippen LogP contribution in [0.3, 0.4) is 0 Å². The number of imidazole rings is 1. The van der Waals surface area contributed by atoms with Crippen molar-refractivity contribution in [2.24, 2.45) is 11.8 Å². The minimum absolute atomic E-state index is 0.148. The van der Waals surface area contributed by atoms with Gasteiger partial charge in [-0.15, -0.1) is 0 Å². The average molecular weight is 372 g/mol. The maximum atomic E-state index is 12.7. The van der Waals surface area contributed by atoms with Gasteiger partial charge in [0.25, 0.3) is 0 Å². The van der Waals surface area contributed by atoms with Crippen LogP contribution in [0.2, 0.25) is 0 Å². The Morgan fingerprint density at radius 2 is 2.00 bits per heavy atom. The van der Waals surface area contributed by atoms with E-state index in [-0.39, 0.29) is 10.9 Å². The van der Waals surface area contributed by atoms with E-state index in [2.05, 4.69) is 16.8 Å². The van der Waals surface area contributed by atoms with Gasteiger partial charge >= 0.3 is 0 Å². The summed E-state index contributed by atoms with van der Waals surface area (Å²) in [6, 6.07) is 0. The van der Waals surface area contributed by atoms with Crippen molar-refractivity contribution in [1.82, 2.24) is 14.5 Å². The first-order valence-corrected chi connectivity index (χ1v) is 11.0. The molecule has 0 radical (unpaired) electrons. The van der Waals surface area contributed by atoms with Gasteiger partial charge in [-0.05, 0) is 44.2 Å². The quantitative estimate of drug-likeness (QED) is 0.667. The van der Waals surface area contributed by atoms with E-state index in [1.807, 2.05) is 18.4 Å². The Bertz CT molecular complexity index is 632. The van der Waals surface area contributed by atoms with Gasteiger partial charge in [0.05, 0.1) is 24.3 Å². The number of rotatable bonds is 9. The molecule has 0 aromatic carbocycles. The zero-order valence-electron chi connectivity index (χ0n) is 16.1. The normalized spacial score (nSPS) is 17.5. The van der Waals surface area contributed by atoms with Crippen LogP contribution in [0.15, 0.2) is 11.4 Å². The molecular weight excluding hydrogens is 338 g/mol. The summed E-state index contributed by atoms with van der Waals surface area (Å²) in [7, 11) is -1.73. The molecule has 2 heterocycles. The third kappa shape index (κ3) is 5.79. The van der Waals surface area contributed by atoms with Crippen LogP contribution >= 0.6 is 0 Å². The van der Waals surface area contributed by atoms with Crippen molar-refractivity contribution in [3.8, 4) is 0 Å². The first-order valence-electron chi connectivity index (χ1n) is 9.32. The number of methoxy groups -OCH3 is 1. The van der Waals surface area contributed by atoms with Crippen molar-refractivity contribution in [3.05, 3.63) is 11.9 Å². The first-order chi connectivity index (χ1) is 11.8. The van der Waals surface area contributed by atoms with Gasteiger partial charge in [0, 0.05) is 20.2 Å². The molecule has 1 aliphatic rings. The highest BCUT2D eigenvalue weighted by Gasteiger charge is 2.25. The van der Waals surface area contributed by atoms with Gasteiger partial charge in [-0.25, -0.2) is 13.4 Å². The first kappa shape index (κ1) is 20.4. The van der Waals surface area contributed by atoms with Crippen LogP contribution in [0.25, 0.3) is 0 Å². The predicted octanol–water partition coefficient (Wildman–Crippen LogP) is 2.58. The van der Waals surface area contributed by atoms with Crippen LogP contribution in [-0.4, -0.2) is 55.4 Å². The molecule has 0 atom stereocenters. The Morgan fingerprint density at radius 3 is 2.60 bits per heavy atom. The van der Waals surface area contributed by atoms with Crippen molar-refractivity contribution in [2.45, 2.75) is 58.3 Å². The molecule has 0 aliphatic carbocycles. The van der Waals surface area contributed by atoms with Crippen LogP contribution < -0.4 is 0 Å². The van der Waals surface area contributed by atoms with E-state index in [0.29, 0.717) is 25.5 Å². The lowest BCUT2D eigenvalue weighted by atomic mass is 9.99. The van der Waals surface area contributed by atoms with E-state index < -0.39 is 9.84 Å². The Hall–Kier alpha value is -0.920. The SMILES string of the molecule is COCCn1c(CN2CCC(C)CC2)cnc1S(=O)(=O)CCC(C)C. The summed E-state index contributed by atoms with van der Waals surface area (Å²) in [5.74, 6) is 1.28. The van der Waals surface area contributed by atoms with Crippen molar-refractivity contribution in [3.63, 3.8) is 0 Å². The summed E-state index contributed by atoms with van der Waals surface area (Å²) >= 11 is 0. The molecule has 1 aromatic rings. The second-order valence-electron chi connectivity index (χ2n) is 7.64. The summed E-state index contributed by atoms with van der Waals surface area (Å²) < 4.78 is 32.5. The monoisotopic (exact) mass is 371 g/mol. The van der Waals surface area contributed by atoms with Crippen molar-refractivity contribution in [2.75, 3.05) is 32.6 Å². The van der Waals surface area contributed by atoms with Crippen LogP contribution in [0.4, 0.5) is 0 Å². The summed E-state index contributed by atoms with van der Waals surface area (Å²) in [4.78, 5) is 6.69. The second kappa shape index (κ2) is 9.14. The number of ether oxygens (including phenoxy) is 1. The maximum absolute atomic E-state index is 12.7. The maximum Gasteiger partial charge on any atom is 0.227 e. The van der Waals surface area contributed by atoms with Crippen molar-refractivity contribution < 1.29 is 13.2 Å². The molecule has 0 amide bonds. The van der Waals surface area contributed by atoms with E-state index in [4.69, 9.17) is 4.74 Å². The Kier molecular flexibility index (Phi) is 7.46. The lowest BCUT2D eigenvalue weighted by Gasteiger charge is -2.30. The lowest BCUT2D eigenvalue weighted by molar-refractivity contribution is 0.169. The van der Waals surface area contributed by atoms with Gasteiger partial charge in [0.1, 0.15) is 0 Å². The molecule has 1 aliphatic heterocycles. The Morgan fingerprint density at radius 1 is 1.32 bits per heavy atom. The molecular formula is C18H33N3O3S. The number of nitrogens with zero attached hydrogens (tertiary/aromatic N) is 3. The van der Waals surface area contributed by atoms with Crippen LogP contribution in [-0.2, 0) is 27.7 Å². The summed E-state index contributed by atoms with van der Waals surface area (Å²) in [6.45, 7) is 10.2. The molecule has 6 nitrogen and oxygen atoms in total.